The van der Waals surface area contributed by atoms with Crippen LogP contribution in [0.5, 0.6) is 5.75 Å². The minimum atomic E-state index is -3.81. The lowest BCUT2D eigenvalue weighted by Crippen LogP contribution is -2.49. The summed E-state index contributed by atoms with van der Waals surface area (Å²) < 4.78 is 34.6. The van der Waals surface area contributed by atoms with Crippen molar-refractivity contribution in [2.24, 2.45) is 5.92 Å². The number of hydrogen-bond acceptors (Lipinski definition) is 8. The van der Waals surface area contributed by atoms with Crippen molar-refractivity contribution in [3.05, 3.63) is 76.7 Å². The summed E-state index contributed by atoms with van der Waals surface area (Å²) in [7, 11) is -1.88. The van der Waals surface area contributed by atoms with Gasteiger partial charge in [0.1, 0.15) is 16.1 Å². The number of aliphatic hydroxyl groups excluding tert-OH is 1. The highest BCUT2D eigenvalue weighted by molar-refractivity contribution is 7.94. The molecule has 1 aromatic heterocycles. The molecule has 1 amide bonds. The highest BCUT2D eigenvalue weighted by atomic mass is 32.2. The van der Waals surface area contributed by atoms with E-state index in [1.54, 1.807) is 59.7 Å². The van der Waals surface area contributed by atoms with Crippen molar-refractivity contribution >= 4 is 38.9 Å². The summed E-state index contributed by atoms with van der Waals surface area (Å²) in [6.07, 6.45) is -0.336. The number of hydrogen-bond donors (Lipinski definition) is 3. The molecule has 0 aliphatic carbocycles. The molecule has 40 heavy (non-hydrogen) atoms. The maximum Gasteiger partial charge on any atom is 0.335 e. The van der Waals surface area contributed by atoms with Crippen molar-refractivity contribution in [3.63, 3.8) is 0 Å². The molecule has 1 aliphatic heterocycles. The largest absolute Gasteiger partial charge is 0.488 e. The number of thiophene rings is 1. The van der Waals surface area contributed by atoms with Gasteiger partial charge in [0, 0.05) is 31.2 Å². The Morgan fingerprint density at radius 1 is 1.23 bits per heavy atom. The SMILES string of the molecule is C[C@H]1CN([C@@H](C)CO)C(=O)c2cc(NS(=O)(=O)c3cccs3)ccc2O[C@@H]1CN(C)Cc1ccc(C(=O)O)cc1. The number of ether oxygens (including phenoxy) is 1. The highest BCUT2D eigenvalue weighted by Crippen LogP contribution is 2.32. The topological polar surface area (TPSA) is 136 Å². The van der Waals surface area contributed by atoms with Crippen LogP contribution >= 0.6 is 11.3 Å². The third-order valence-corrected chi connectivity index (χ3v) is 9.60. The van der Waals surface area contributed by atoms with Gasteiger partial charge >= 0.3 is 5.97 Å². The molecule has 4 rings (SSSR count). The molecular weight excluding hydrogens is 554 g/mol. The summed E-state index contributed by atoms with van der Waals surface area (Å²) in [6, 6.07) is 14.0. The Hall–Kier alpha value is -3.45. The molecular formula is C28H33N3O7S2. The fourth-order valence-electron chi connectivity index (χ4n) is 4.56. The summed E-state index contributed by atoms with van der Waals surface area (Å²) in [5.41, 5.74) is 1.60. The molecule has 3 N–H and O–H groups in total. The first kappa shape index (κ1) is 29.5. The van der Waals surface area contributed by atoms with E-state index < -0.39 is 22.0 Å². The van der Waals surface area contributed by atoms with Gasteiger partial charge in [-0.25, -0.2) is 13.2 Å². The molecule has 0 saturated carbocycles. The van der Waals surface area contributed by atoms with E-state index in [1.165, 1.54) is 12.1 Å². The lowest BCUT2D eigenvalue weighted by molar-refractivity contribution is 0.0341. The standard InChI is InChI=1S/C28H33N3O7S2/c1-18-14-31(19(2)17-32)27(33)23-13-22(29-40(36,37)26-5-4-12-39-26)10-11-24(23)38-25(18)16-30(3)15-20-6-8-21(9-7-20)28(34)35/h4-13,18-19,25,29,32H,14-17H2,1-3H3,(H,34,35)/t18-,19-,25+/m0/s1. The van der Waals surface area contributed by atoms with E-state index in [1.807, 2.05) is 14.0 Å². The molecule has 0 radical (unpaired) electrons. The molecule has 3 atom stereocenters. The van der Waals surface area contributed by atoms with Crippen LogP contribution in [0.1, 0.15) is 40.1 Å². The second-order valence-corrected chi connectivity index (χ2v) is 12.9. The molecule has 12 heteroatoms. The minimum Gasteiger partial charge on any atom is -0.488 e. The summed E-state index contributed by atoms with van der Waals surface area (Å²) in [5, 5.41) is 20.7. The Morgan fingerprint density at radius 2 is 1.95 bits per heavy atom. The first-order valence-corrected chi connectivity index (χ1v) is 15.1. The van der Waals surface area contributed by atoms with Crippen molar-refractivity contribution < 1.29 is 33.0 Å². The van der Waals surface area contributed by atoms with E-state index in [-0.39, 0.29) is 45.6 Å². The monoisotopic (exact) mass is 587 g/mol. The third kappa shape index (κ3) is 6.81. The van der Waals surface area contributed by atoms with Crippen LogP contribution in [0.2, 0.25) is 0 Å². The van der Waals surface area contributed by atoms with Gasteiger partial charge in [0.2, 0.25) is 0 Å². The molecule has 2 heterocycles. The second kappa shape index (κ2) is 12.4. The van der Waals surface area contributed by atoms with Gasteiger partial charge < -0.3 is 19.8 Å². The Balaban J connectivity index is 1.59. The van der Waals surface area contributed by atoms with Gasteiger partial charge in [0.15, 0.2) is 0 Å². The maximum atomic E-state index is 13.6. The molecule has 0 bridgehead atoms. The van der Waals surface area contributed by atoms with E-state index in [4.69, 9.17) is 9.84 Å². The predicted octanol–water partition coefficient (Wildman–Crippen LogP) is 3.60. The molecule has 0 fully saturated rings. The van der Waals surface area contributed by atoms with E-state index in [9.17, 15) is 23.1 Å². The number of carbonyl (C=O) groups is 2. The number of carboxylic acids is 1. The van der Waals surface area contributed by atoms with Crippen molar-refractivity contribution in [2.75, 3.05) is 31.5 Å². The Labute approximate surface area is 237 Å². The molecule has 0 unspecified atom stereocenters. The van der Waals surface area contributed by atoms with E-state index in [2.05, 4.69) is 9.62 Å². The van der Waals surface area contributed by atoms with Gasteiger partial charge in [0.25, 0.3) is 15.9 Å². The molecule has 2 aromatic carbocycles. The van der Waals surface area contributed by atoms with Crippen LogP contribution in [0, 0.1) is 5.92 Å². The lowest BCUT2D eigenvalue weighted by atomic mass is 9.99. The van der Waals surface area contributed by atoms with Crippen molar-refractivity contribution in [1.82, 2.24) is 9.80 Å². The fourth-order valence-corrected chi connectivity index (χ4v) is 6.60. The maximum absolute atomic E-state index is 13.6. The number of amides is 1. The molecule has 0 saturated heterocycles. The summed E-state index contributed by atoms with van der Waals surface area (Å²) >= 11 is 1.09. The number of carboxylic acid groups (broad SMARTS) is 1. The number of rotatable bonds is 10. The Bertz CT molecular complexity index is 1440. The molecule has 1 aliphatic rings. The zero-order chi connectivity index (χ0) is 29.0. The van der Waals surface area contributed by atoms with Crippen molar-refractivity contribution in [3.8, 4) is 5.75 Å². The zero-order valence-corrected chi connectivity index (χ0v) is 24.1. The summed E-state index contributed by atoms with van der Waals surface area (Å²) in [5.74, 6) is -1.10. The Kier molecular flexibility index (Phi) is 9.14. The van der Waals surface area contributed by atoms with Crippen LogP contribution in [0.3, 0.4) is 0 Å². The number of nitrogens with one attached hydrogen (secondary N) is 1. The number of anilines is 1. The van der Waals surface area contributed by atoms with Gasteiger partial charge in [-0.2, -0.15) is 0 Å². The minimum absolute atomic E-state index is 0.0973. The molecule has 214 valence electrons. The van der Waals surface area contributed by atoms with Crippen LogP contribution in [-0.4, -0.2) is 79.2 Å². The van der Waals surface area contributed by atoms with Gasteiger partial charge in [0.05, 0.1) is 23.8 Å². The van der Waals surface area contributed by atoms with Crippen molar-refractivity contribution in [2.45, 2.75) is 36.7 Å². The van der Waals surface area contributed by atoms with Crippen LogP contribution < -0.4 is 9.46 Å². The number of sulfonamides is 1. The van der Waals surface area contributed by atoms with E-state index in [0.717, 1.165) is 16.9 Å². The number of aliphatic hydroxyl groups is 1. The molecule has 0 spiro atoms. The highest BCUT2D eigenvalue weighted by Gasteiger charge is 2.33. The smallest absolute Gasteiger partial charge is 0.335 e. The van der Waals surface area contributed by atoms with Gasteiger partial charge in [-0.3, -0.25) is 14.4 Å². The first-order chi connectivity index (χ1) is 19.0. The van der Waals surface area contributed by atoms with Gasteiger partial charge in [-0.05, 0) is 61.3 Å². The number of fused-ring (bicyclic) bond motifs is 1. The number of likely N-dealkylation sites (N-methyl/N-ethyl adjacent to an activating group) is 1. The number of aromatic carboxylic acids is 1. The summed E-state index contributed by atoms with van der Waals surface area (Å²) in [6.45, 7) is 4.91. The normalized spacial score (nSPS) is 18.4. The van der Waals surface area contributed by atoms with Crippen LogP contribution in [0.4, 0.5) is 5.69 Å². The summed E-state index contributed by atoms with van der Waals surface area (Å²) in [4.78, 5) is 28.4. The van der Waals surface area contributed by atoms with Gasteiger partial charge in [-0.1, -0.05) is 25.1 Å². The van der Waals surface area contributed by atoms with E-state index in [0.29, 0.717) is 25.4 Å². The first-order valence-electron chi connectivity index (χ1n) is 12.8. The predicted molar refractivity (Wildman–Crippen MR) is 152 cm³/mol. The number of nitrogens with zero attached hydrogens (tertiary/aromatic N) is 2. The quantitative estimate of drug-likeness (QED) is 0.327. The molecule has 10 nitrogen and oxygen atoms in total. The van der Waals surface area contributed by atoms with Crippen molar-refractivity contribution in [1.29, 1.82) is 0 Å². The zero-order valence-electron chi connectivity index (χ0n) is 22.5. The lowest BCUT2D eigenvalue weighted by Gasteiger charge is -2.38. The Morgan fingerprint density at radius 3 is 2.58 bits per heavy atom. The average Bonchev–Trinajstić information content (AvgIpc) is 3.47. The average molecular weight is 588 g/mol. The van der Waals surface area contributed by atoms with E-state index >= 15 is 0 Å². The van der Waals surface area contributed by atoms with Crippen LogP contribution in [-0.2, 0) is 16.6 Å². The number of carbonyl (C=O) groups excluding carboxylic acids is 1. The van der Waals surface area contributed by atoms with Crippen LogP contribution in [0.25, 0.3) is 0 Å². The fraction of sp³-hybridized carbons (Fsp3) is 0.357. The third-order valence-electron chi connectivity index (χ3n) is 6.82. The molecule has 3 aromatic rings. The van der Waals surface area contributed by atoms with Gasteiger partial charge in [-0.15, -0.1) is 11.3 Å². The second-order valence-electron chi connectivity index (χ2n) is 10.1. The van der Waals surface area contributed by atoms with Crippen LogP contribution in [0.15, 0.2) is 64.2 Å². The number of benzene rings is 2.